The van der Waals surface area contributed by atoms with Crippen molar-refractivity contribution >= 4 is 11.8 Å². The van der Waals surface area contributed by atoms with Crippen molar-refractivity contribution in [2.45, 2.75) is 33.1 Å². The Kier molecular flexibility index (Phi) is 6.04. The van der Waals surface area contributed by atoms with Crippen LogP contribution in [-0.2, 0) is 11.2 Å². The lowest BCUT2D eigenvalue weighted by Gasteiger charge is -2.40. The zero-order valence-electron chi connectivity index (χ0n) is 18.5. The van der Waals surface area contributed by atoms with Gasteiger partial charge in [-0.2, -0.15) is 0 Å². The van der Waals surface area contributed by atoms with Crippen molar-refractivity contribution in [3.8, 4) is 11.1 Å². The van der Waals surface area contributed by atoms with Crippen molar-refractivity contribution in [1.29, 1.82) is 0 Å². The first-order valence-electron chi connectivity index (χ1n) is 10.9. The third-order valence-electron chi connectivity index (χ3n) is 6.21. The molecule has 164 valence electrons. The number of amides is 2. The summed E-state index contributed by atoms with van der Waals surface area (Å²) in [6.45, 7) is 4.75. The molecule has 1 fully saturated rings. The monoisotopic (exact) mass is 428 g/mol. The summed E-state index contributed by atoms with van der Waals surface area (Å²) in [6, 6.07) is 16.6. The molecule has 1 aliphatic rings. The molecule has 0 bridgehead atoms. The van der Waals surface area contributed by atoms with Gasteiger partial charge in [0.1, 0.15) is 5.69 Å². The topological polar surface area (TPSA) is 89.2 Å². The lowest BCUT2D eigenvalue weighted by molar-refractivity contribution is -0.130. The Labute approximate surface area is 188 Å². The molecule has 1 aliphatic heterocycles. The molecule has 32 heavy (non-hydrogen) atoms. The Morgan fingerprint density at radius 3 is 2.47 bits per heavy atom. The smallest absolute Gasteiger partial charge is 0.274 e. The number of benzene rings is 2. The average molecular weight is 429 g/mol. The molecule has 2 amide bonds. The SMILES string of the molecule is Cc1cccc(-c2cccc(CC3(C(N)=O)CCCN(C(=O)c4cnc(C)cn4)C3)c2)c1. The molecule has 0 radical (unpaired) electrons. The number of hydrogen-bond acceptors (Lipinski definition) is 4. The molecule has 6 nitrogen and oxygen atoms in total. The van der Waals surface area contributed by atoms with Gasteiger partial charge in [-0.1, -0.05) is 54.1 Å². The van der Waals surface area contributed by atoms with Gasteiger partial charge in [0.2, 0.25) is 5.91 Å². The van der Waals surface area contributed by atoms with Crippen LogP contribution in [0.25, 0.3) is 11.1 Å². The van der Waals surface area contributed by atoms with Crippen molar-refractivity contribution in [3.05, 3.63) is 83.4 Å². The summed E-state index contributed by atoms with van der Waals surface area (Å²) in [4.78, 5) is 35.8. The summed E-state index contributed by atoms with van der Waals surface area (Å²) >= 11 is 0. The number of nitrogens with zero attached hydrogens (tertiary/aromatic N) is 3. The van der Waals surface area contributed by atoms with Gasteiger partial charge in [-0.25, -0.2) is 4.98 Å². The van der Waals surface area contributed by atoms with Crippen molar-refractivity contribution < 1.29 is 9.59 Å². The number of piperidine rings is 1. The van der Waals surface area contributed by atoms with Crippen LogP contribution < -0.4 is 5.73 Å². The molecule has 1 aromatic heterocycles. The molecular weight excluding hydrogens is 400 g/mol. The third kappa shape index (κ3) is 4.54. The van der Waals surface area contributed by atoms with E-state index in [4.69, 9.17) is 5.73 Å². The number of carbonyl (C=O) groups excluding carboxylic acids is 2. The van der Waals surface area contributed by atoms with E-state index in [0.717, 1.165) is 22.4 Å². The summed E-state index contributed by atoms with van der Waals surface area (Å²) in [5, 5.41) is 0. The fraction of sp³-hybridized carbons (Fsp3) is 0.308. The highest BCUT2D eigenvalue weighted by Crippen LogP contribution is 2.35. The van der Waals surface area contributed by atoms with Gasteiger partial charge in [-0.05, 0) is 49.8 Å². The van der Waals surface area contributed by atoms with Crippen LogP contribution in [0, 0.1) is 19.3 Å². The maximum absolute atomic E-state index is 13.0. The van der Waals surface area contributed by atoms with Crippen LogP contribution >= 0.6 is 0 Å². The van der Waals surface area contributed by atoms with Gasteiger partial charge >= 0.3 is 0 Å². The highest BCUT2D eigenvalue weighted by molar-refractivity contribution is 5.93. The van der Waals surface area contributed by atoms with Gasteiger partial charge < -0.3 is 10.6 Å². The summed E-state index contributed by atoms with van der Waals surface area (Å²) in [5.74, 6) is -0.581. The minimum atomic E-state index is -0.808. The first-order chi connectivity index (χ1) is 15.4. The van der Waals surface area contributed by atoms with E-state index < -0.39 is 5.41 Å². The van der Waals surface area contributed by atoms with Crippen molar-refractivity contribution in [2.75, 3.05) is 13.1 Å². The number of aryl methyl sites for hydroxylation is 2. The number of hydrogen-bond donors (Lipinski definition) is 1. The summed E-state index contributed by atoms with van der Waals surface area (Å²) in [6.07, 6.45) is 4.93. The number of carbonyl (C=O) groups is 2. The van der Waals surface area contributed by atoms with E-state index in [1.807, 2.05) is 25.1 Å². The highest BCUT2D eigenvalue weighted by Gasteiger charge is 2.42. The molecule has 0 spiro atoms. The number of nitrogens with two attached hydrogens (primary N) is 1. The Morgan fingerprint density at radius 2 is 1.78 bits per heavy atom. The average Bonchev–Trinajstić information content (AvgIpc) is 2.79. The number of primary amides is 1. The van der Waals surface area contributed by atoms with Crippen LogP contribution in [0.4, 0.5) is 0 Å². The number of rotatable bonds is 5. The quantitative estimate of drug-likeness (QED) is 0.671. The molecule has 0 aliphatic carbocycles. The van der Waals surface area contributed by atoms with E-state index in [2.05, 4.69) is 47.2 Å². The zero-order valence-corrected chi connectivity index (χ0v) is 18.5. The molecule has 1 unspecified atom stereocenters. The lowest BCUT2D eigenvalue weighted by atomic mass is 9.74. The van der Waals surface area contributed by atoms with E-state index in [1.54, 1.807) is 11.1 Å². The standard InChI is InChI=1S/C26H28N4O2/c1-18-6-3-8-21(12-18)22-9-4-7-20(13-22)14-26(25(27)32)10-5-11-30(17-26)24(31)23-16-28-19(2)15-29-23/h3-4,6-9,12-13,15-16H,5,10-11,14,17H2,1-2H3,(H2,27,32). The van der Waals surface area contributed by atoms with Crippen LogP contribution in [0.2, 0.25) is 0 Å². The number of aromatic nitrogens is 2. The second-order valence-electron chi connectivity index (χ2n) is 8.76. The maximum atomic E-state index is 13.0. The molecular formula is C26H28N4O2. The predicted molar refractivity (Wildman–Crippen MR) is 124 cm³/mol. The van der Waals surface area contributed by atoms with Gasteiger partial charge in [0.05, 0.1) is 17.3 Å². The summed E-state index contributed by atoms with van der Waals surface area (Å²) in [7, 11) is 0. The van der Waals surface area contributed by atoms with Gasteiger partial charge in [0.25, 0.3) is 5.91 Å². The summed E-state index contributed by atoms with van der Waals surface area (Å²) in [5.41, 5.74) is 10.6. The largest absolute Gasteiger partial charge is 0.369 e. The zero-order chi connectivity index (χ0) is 22.7. The third-order valence-corrected chi connectivity index (χ3v) is 6.21. The Hall–Kier alpha value is -3.54. The molecule has 0 saturated carbocycles. The molecule has 6 heteroatoms. The molecule has 2 aromatic carbocycles. The molecule has 3 aromatic rings. The van der Waals surface area contributed by atoms with E-state index in [0.29, 0.717) is 25.8 Å². The van der Waals surface area contributed by atoms with Crippen molar-refractivity contribution in [2.24, 2.45) is 11.1 Å². The van der Waals surface area contributed by atoms with Gasteiger partial charge in [-0.15, -0.1) is 0 Å². The molecule has 2 N–H and O–H groups in total. The van der Waals surface area contributed by atoms with Crippen LogP contribution in [0.15, 0.2) is 60.9 Å². The molecule has 2 heterocycles. The molecule has 1 atom stereocenters. The minimum absolute atomic E-state index is 0.212. The van der Waals surface area contributed by atoms with Gasteiger partial charge in [-0.3, -0.25) is 14.6 Å². The highest BCUT2D eigenvalue weighted by atomic mass is 16.2. The Bertz CT molecular complexity index is 1140. The Morgan fingerprint density at radius 1 is 1.03 bits per heavy atom. The second kappa shape index (κ2) is 8.91. The van der Waals surface area contributed by atoms with Gasteiger partial charge in [0.15, 0.2) is 0 Å². The van der Waals surface area contributed by atoms with Crippen LogP contribution in [0.3, 0.4) is 0 Å². The van der Waals surface area contributed by atoms with Gasteiger partial charge in [0, 0.05) is 19.3 Å². The van der Waals surface area contributed by atoms with E-state index in [1.165, 1.54) is 11.8 Å². The second-order valence-corrected chi connectivity index (χ2v) is 8.76. The lowest BCUT2D eigenvalue weighted by Crippen LogP contribution is -2.53. The normalized spacial score (nSPS) is 18.4. The van der Waals surface area contributed by atoms with Crippen LogP contribution in [-0.4, -0.2) is 39.8 Å². The van der Waals surface area contributed by atoms with Crippen molar-refractivity contribution in [1.82, 2.24) is 14.9 Å². The fourth-order valence-electron chi connectivity index (χ4n) is 4.48. The van der Waals surface area contributed by atoms with Crippen LogP contribution in [0.5, 0.6) is 0 Å². The maximum Gasteiger partial charge on any atom is 0.274 e. The molecule has 1 saturated heterocycles. The minimum Gasteiger partial charge on any atom is -0.369 e. The molecule has 4 rings (SSSR count). The van der Waals surface area contributed by atoms with Crippen molar-refractivity contribution in [3.63, 3.8) is 0 Å². The van der Waals surface area contributed by atoms with E-state index in [-0.39, 0.29) is 24.1 Å². The first kappa shape index (κ1) is 21.7. The number of likely N-dealkylation sites (tertiary alicyclic amines) is 1. The Balaban J connectivity index is 1.59. The predicted octanol–water partition coefficient (Wildman–Crippen LogP) is 3.71. The van der Waals surface area contributed by atoms with E-state index in [9.17, 15) is 9.59 Å². The first-order valence-corrected chi connectivity index (χ1v) is 10.9. The fourth-order valence-corrected chi connectivity index (χ4v) is 4.48. The van der Waals surface area contributed by atoms with E-state index >= 15 is 0 Å². The van der Waals surface area contributed by atoms with Crippen LogP contribution in [0.1, 0.15) is 40.2 Å². The summed E-state index contributed by atoms with van der Waals surface area (Å²) < 4.78 is 0.